The van der Waals surface area contributed by atoms with E-state index in [2.05, 4.69) is 24.1 Å². The van der Waals surface area contributed by atoms with Crippen LogP contribution in [0, 0.1) is 0 Å². The summed E-state index contributed by atoms with van der Waals surface area (Å²) in [5, 5.41) is 3.46. The molecule has 1 N–H and O–H groups in total. The van der Waals surface area contributed by atoms with Crippen molar-refractivity contribution in [2.75, 3.05) is 46.6 Å². The van der Waals surface area contributed by atoms with Gasteiger partial charge >= 0.3 is 0 Å². The molecular weight excluding hydrogens is 192 g/mol. The van der Waals surface area contributed by atoms with Crippen molar-refractivity contribution in [1.29, 1.82) is 0 Å². The summed E-state index contributed by atoms with van der Waals surface area (Å²) in [6.45, 7) is 9.90. The van der Waals surface area contributed by atoms with E-state index in [1.54, 1.807) is 7.11 Å². The van der Waals surface area contributed by atoms with Crippen LogP contribution in [-0.4, -0.2) is 63.5 Å². The van der Waals surface area contributed by atoms with Crippen molar-refractivity contribution >= 4 is 0 Å². The van der Waals surface area contributed by atoms with Crippen LogP contribution < -0.4 is 5.32 Å². The first-order valence-electron chi connectivity index (χ1n) is 5.78. The Labute approximate surface area is 92.9 Å². The van der Waals surface area contributed by atoms with Gasteiger partial charge in [0.1, 0.15) is 0 Å². The summed E-state index contributed by atoms with van der Waals surface area (Å²) in [6, 6.07) is 1.03. The van der Waals surface area contributed by atoms with Crippen molar-refractivity contribution in [3.8, 4) is 0 Å². The van der Waals surface area contributed by atoms with Crippen LogP contribution in [0.5, 0.6) is 0 Å². The van der Waals surface area contributed by atoms with Crippen molar-refractivity contribution in [3.63, 3.8) is 0 Å². The Balaban J connectivity index is 2.29. The van der Waals surface area contributed by atoms with E-state index in [-0.39, 0.29) is 0 Å². The number of methoxy groups -OCH3 is 1. The highest BCUT2D eigenvalue weighted by molar-refractivity contribution is 4.76. The SMILES string of the molecule is COCCN[C@@H]1COCCN(C(C)C)C1. The van der Waals surface area contributed by atoms with E-state index in [1.165, 1.54) is 0 Å². The quantitative estimate of drug-likeness (QED) is 0.672. The largest absolute Gasteiger partial charge is 0.383 e. The second kappa shape index (κ2) is 7.17. The summed E-state index contributed by atoms with van der Waals surface area (Å²) < 4.78 is 10.6. The van der Waals surface area contributed by atoms with E-state index in [0.717, 1.165) is 39.5 Å². The molecule has 0 bridgehead atoms. The van der Waals surface area contributed by atoms with Gasteiger partial charge in [-0.15, -0.1) is 0 Å². The van der Waals surface area contributed by atoms with Gasteiger partial charge in [-0.1, -0.05) is 0 Å². The molecule has 1 heterocycles. The number of nitrogens with one attached hydrogen (secondary N) is 1. The van der Waals surface area contributed by atoms with Crippen LogP contribution in [0.3, 0.4) is 0 Å². The third-order valence-electron chi connectivity index (χ3n) is 2.77. The fourth-order valence-electron chi connectivity index (χ4n) is 1.79. The van der Waals surface area contributed by atoms with Gasteiger partial charge in [-0.2, -0.15) is 0 Å². The Hall–Kier alpha value is -0.160. The molecule has 1 fully saturated rings. The monoisotopic (exact) mass is 216 g/mol. The molecule has 1 aliphatic heterocycles. The van der Waals surface area contributed by atoms with Gasteiger partial charge < -0.3 is 14.8 Å². The zero-order chi connectivity index (χ0) is 11.1. The third kappa shape index (κ3) is 4.93. The Morgan fingerprint density at radius 3 is 3.00 bits per heavy atom. The molecule has 0 amide bonds. The Kier molecular flexibility index (Phi) is 6.17. The minimum Gasteiger partial charge on any atom is -0.383 e. The maximum absolute atomic E-state index is 5.57. The zero-order valence-corrected chi connectivity index (χ0v) is 10.2. The van der Waals surface area contributed by atoms with Gasteiger partial charge in [0.25, 0.3) is 0 Å². The van der Waals surface area contributed by atoms with Crippen LogP contribution in [-0.2, 0) is 9.47 Å². The molecular formula is C11H24N2O2. The van der Waals surface area contributed by atoms with E-state index in [9.17, 15) is 0 Å². The fourth-order valence-corrected chi connectivity index (χ4v) is 1.79. The molecule has 0 radical (unpaired) electrons. The molecule has 4 nitrogen and oxygen atoms in total. The third-order valence-corrected chi connectivity index (χ3v) is 2.77. The van der Waals surface area contributed by atoms with Gasteiger partial charge in [-0.05, 0) is 13.8 Å². The number of nitrogens with zero attached hydrogens (tertiary/aromatic N) is 1. The standard InChI is InChI=1S/C11H24N2O2/c1-10(2)13-5-7-15-9-11(8-13)12-4-6-14-3/h10-12H,4-9H2,1-3H3/t11-/m0/s1. The van der Waals surface area contributed by atoms with E-state index in [1.807, 2.05) is 0 Å². The number of hydrogen-bond acceptors (Lipinski definition) is 4. The van der Waals surface area contributed by atoms with Crippen LogP contribution in [0.2, 0.25) is 0 Å². The van der Waals surface area contributed by atoms with Crippen molar-refractivity contribution in [2.24, 2.45) is 0 Å². The van der Waals surface area contributed by atoms with Gasteiger partial charge in [-0.25, -0.2) is 0 Å². The van der Waals surface area contributed by atoms with Crippen LogP contribution in [0.25, 0.3) is 0 Å². The molecule has 0 aromatic carbocycles. The summed E-state index contributed by atoms with van der Waals surface area (Å²) in [6.07, 6.45) is 0. The number of ether oxygens (including phenoxy) is 2. The minimum absolute atomic E-state index is 0.435. The lowest BCUT2D eigenvalue weighted by Gasteiger charge is -2.27. The van der Waals surface area contributed by atoms with Crippen molar-refractivity contribution in [3.05, 3.63) is 0 Å². The maximum atomic E-state index is 5.57. The molecule has 4 heteroatoms. The first-order valence-corrected chi connectivity index (χ1v) is 5.78. The first kappa shape index (κ1) is 12.9. The van der Waals surface area contributed by atoms with Gasteiger partial charge in [0, 0.05) is 38.8 Å². The predicted octanol–water partition coefficient (Wildman–Crippen LogP) is 0.332. The van der Waals surface area contributed by atoms with Crippen LogP contribution >= 0.6 is 0 Å². The van der Waals surface area contributed by atoms with Crippen LogP contribution in [0.1, 0.15) is 13.8 Å². The van der Waals surface area contributed by atoms with E-state index >= 15 is 0 Å². The fraction of sp³-hybridized carbons (Fsp3) is 1.00. The summed E-state index contributed by atoms with van der Waals surface area (Å²) >= 11 is 0. The van der Waals surface area contributed by atoms with Crippen molar-refractivity contribution in [1.82, 2.24) is 10.2 Å². The summed E-state index contributed by atoms with van der Waals surface area (Å²) in [5.74, 6) is 0. The second-order valence-electron chi connectivity index (χ2n) is 4.31. The topological polar surface area (TPSA) is 33.7 Å². The highest BCUT2D eigenvalue weighted by Gasteiger charge is 2.19. The second-order valence-corrected chi connectivity index (χ2v) is 4.31. The Bertz CT molecular complexity index is 165. The maximum Gasteiger partial charge on any atom is 0.0632 e. The Morgan fingerprint density at radius 1 is 1.53 bits per heavy atom. The molecule has 0 aromatic heterocycles. The lowest BCUT2D eigenvalue weighted by Crippen LogP contribution is -2.45. The normalized spacial score (nSPS) is 24.4. The van der Waals surface area contributed by atoms with E-state index < -0.39 is 0 Å². The van der Waals surface area contributed by atoms with Crippen molar-refractivity contribution < 1.29 is 9.47 Å². The number of hydrogen-bond donors (Lipinski definition) is 1. The number of rotatable bonds is 5. The molecule has 1 atom stereocenters. The van der Waals surface area contributed by atoms with Crippen LogP contribution in [0.15, 0.2) is 0 Å². The molecule has 90 valence electrons. The molecule has 1 saturated heterocycles. The Morgan fingerprint density at radius 2 is 2.33 bits per heavy atom. The smallest absolute Gasteiger partial charge is 0.0632 e. The highest BCUT2D eigenvalue weighted by Crippen LogP contribution is 2.04. The molecule has 0 aliphatic carbocycles. The molecule has 0 saturated carbocycles. The lowest BCUT2D eigenvalue weighted by atomic mass is 10.2. The molecule has 15 heavy (non-hydrogen) atoms. The molecule has 0 unspecified atom stereocenters. The average molecular weight is 216 g/mol. The van der Waals surface area contributed by atoms with Gasteiger partial charge in [0.15, 0.2) is 0 Å². The molecule has 0 aromatic rings. The van der Waals surface area contributed by atoms with Gasteiger partial charge in [0.05, 0.1) is 19.8 Å². The molecule has 0 spiro atoms. The molecule has 1 aliphatic rings. The van der Waals surface area contributed by atoms with Gasteiger partial charge in [0.2, 0.25) is 0 Å². The first-order chi connectivity index (χ1) is 7.24. The zero-order valence-electron chi connectivity index (χ0n) is 10.2. The van der Waals surface area contributed by atoms with E-state index in [4.69, 9.17) is 9.47 Å². The highest BCUT2D eigenvalue weighted by atomic mass is 16.5. The summed E-state index contributed by atoms with van der Waals surface area (Å²) in [4.78, 5) is 2.46. The summed E-state index contributed by atoms with van der Waals surface area (Å²) in [7, 11) is 1.73. The molecule has 1 rings (SSSR count). The lowest BCUT2D eigenvalue weighted by molar-refractivity contribution is 0.124. The minimum atomic E-state index is 0.435. The van der Waals surface area contributed by atoms with Crippen LogP contribution in [0.4, 0.5) is 0 Å². The van der Waals surface area contributed by atoms with Gasteiger partial charge in [-0.3, -0.25) is 4.90 Å². The summed E-state index contributed by atoms with van der Waals surface area (Å²) in [5.41, 5.74) is 0. The van der Waals surface area contributed by atoms with E-state index in [0.29, 0.717) is 12.1 Å². The average Bonchev–Trinajstić information content (AvgIpc) is 2.44. The predicted molar refractivity (Wildman–Crippen MR) is 61.2 cm³/mol. The van der Waals surface area contributed by atoms with Crippen molar-refractivity contribution in [2.45, 2.75) is 25.9 Å².